The predicted octanol–water partition coefficient (Wildman–Crippen LogP) is 5.08. The number of ether oxygens (including phenoxy) is 2. The van der Waals surface area contributed by atoms with Crippen molar-refractivity contribution >= 4 is 17.5 Å². The first-order chi connectivity index (χ1) is 11.6. The third-order valence-corrected chi connectivity index (χ3v) is 3.33. The molecule has 0 spiro atoms. The first-order valence-corrected chi connectivity index (χ1v) is 7.47. The van der Waals surface area contributed by atoms with Crippen molar-refractivity contribution in [3.05, 3.63) is 78.9 Å². The van der Waals surface area contributed by atoms with Crippen molar-refractivity contribution in [2.45, 2.75) is 0 Å². The Morgan fingerprint density at radius 2 is 1.17 bits per heavy atom. The summed E-state index contributed by atoms with van der Waals surface area (Å²) in [7, 11) is 0. The molecule has 0 radical (unpaired) electrons. The Morgan fingerprint density at radius 1 is 0.667 bits per heavy atom. The van der Waals surface area contributed by atoms with E-state index < -0.39 is 0 Å². The smallest absolute Gasteiger partial charge is 0.131 e. The molecular weight excluding hydrogens is 300 g/mol. The van der Waals surface area contributed by atoms with E-state index in [2.05, 4.69) is 6.58 Å². The van der Waals surface area contributed by atoms with Gasteiger partial charge in [0.05, 0.1) is 0 Å². The van der Waals surface area contributed by atoms with Crippen LogP contribution in [-0.2, 0) is 0 Å². The van der Waals surface area contributed by atoms with E-state index in [1.54, 1.807) is 36.4 Å². The summed E-state index contributed by atoms with van der Waals surface area (Å²) in [5.41, 5.74) is 13.7. The van der Waals surface area contributed by atoms with Gasteiger partial charge in [-0.1, -0.05) is 24.8 Å². The molecule has 4 nitrogen and oxygen atoms in total. The van der Waals surface area contributed by atoms with E-state index in [1.165, 1.54) is 0 Å². The van der Waals surface area contributed by atoms with Gasteiger partial charge in [0.1, 0.15) is 23.0 Å². The molecule has 24 heavy (non-hydrogen) atoms. The maximum atomic E-state index is 5.87. The van der Waals surface area contributed by atoms with Gasteiger partial charge in [-0.15, -0.1) is 0 Å². The van der Waals surface area contributed by atoms with Crippen molar-refractivity contribution in [1.82, 2.24) is 0 Å². The van der Waals surface area contributed by atoms with E-state index in [0.29, 0.717) is 34.4 Å². The largest absolute Gasteiger partial charge is 0.457 e. The van der Waals surface area contributed by atoms with Gasteiger partial charge >= 0.3 is 0 Å². The Kier molecular flexibility index (Phi) is 4.38. The molecule has 0 aliphatic carbocycles. The fraction of sp³-hybridized carbons (Fsp3) is 0. The average molecular weight is 318 g/mol. The zero-order valence-electron chi connectivity index (χ0n) is 13.1. The highest BCUT2D eigenvalue weighted by atomic mass is 16.5. The van der Waals surface area contributed by atoms with Gasteiger partial charge < -0.3 is 20.9 Å². The van der Waals surface area contributed by atoms with Gasteiger partial charge in [-0.3, -0.25) is 0 Å². The van der Waals surface area contributed by atoms with Gasteiger partial charge in [0.25, 0.3) is 0 Å². The lowest BCUT2D eigenvalue weighted by Gasteiger charge is -2.11. The molecule has 0 atom stereocenters. The fourth-order valence-corrected chi connectivity index (χ4v) is 2.26. The predicted molar refractivity (Wildman–Crippen MR) is 98.4 cm³/mol. The van der Waals surface area contributed by atoms with E-state index in [4.69, 9.17) is 20.9 Å². The zero-order valence-corrected chi connectivity index (χ0v) is 13.1. The van der Waals surface area contributed by atoms with Crippen LogP contribution in [0.15, 0.2) is 73.3 Å². The summed E-state index contributed by atoms with van der Waals surface area (Å²) < 4.78 is 11.7. The van der Waals surface area contributed by atoms with Crippen LogP contribution in [0, 0.1) is 0 Å². The number of benzene rings is 3. The summed E-state index contributed by atoms with van der Waals surface area (Å²) in [6, 6.07) is 20.1. The molecule has 0 unspecified atom stereocenters. The summed E-state index contributed by atoms with van der Waals surface area (Å²) >= 11 is 0. The molecule has 0 heterocycles. The SMILES string of the molecule is C=Cc1cc(Oc2cccc(N)c2)cc(Oc2cccc(N)c2)c1. The number of anilines is 2. The number of nitrogen functional groups attached to an aromatic ring is 2. The molecule has 0 fully saturated rings. The minimum absolute atomic E-state index is 0.636. The van der Waals surface area contributed by atoms with Gasteiger partial charge in [-0.2, -0.15) is 0 Å². The molecule has 3 rings (SSSR count). The lowest BCUT2D eigenvalue weighted by molar-refractivity contribution is 0.460. The highest BCUT2D eigenvalue weighted by Crippen LogP contribution is 2.31. The van der Waals surface area contributed by atoms with Crippen LogP contribution in [0.1, 0.15) is 5.56 Å². The maximum Gasteiger partial charge on any atom is 0.131 e. The zero-order chi connectivity index (χ0) is 16.9. The molecule has 0 bridgehead atoms. The molecule has 0 aliphatic rings. The average Bonchev–Trinajstić information content (AvgIpc) is 2.54. The molecule has 120 valence electrons. The number of nitrogens with two attached hydrogens (primary N) is 2. The van der Waals surface area contributed by atoms with Crippen LogP contribution in [-0.4, -0.2) is 0 Å². The maximum absolute atomic E-state index is 5.87. The Hall–Kier alpha value is -3.40. The fourth-order valence-electron chi connectivity index (χ4n) is 2.26. The summed E-state index contributed by atoms with van der Waals surface area (Å²) in [5.74, 6) is 2.59. The Morgan fingerprint density at radius 3 is 1.58 bits per heavy atom. The summed E-state index contributed by atoms with van der Waals surface area (Å²) in [6.45, 7) is 3.80. The van der Waals surface area contributed by atoms with Crippen LogP contribution in [0.25, 0.3) is 6.08 Å². The standard InChI is InChI=1S/C20H18N2O2/c1-2-14-9-19(23-17-7-3-5-15(21)11-17)13-20(10-14)24-18-8-4-6-16(22)12-18/h2-13H,1,21-22H2. The summed E-state index contributed by atoms with van der Waals surface area (Å²) in [4.78, 5) is 0. The third-order valence-electron chi connectivity index (χ3n) is 3.33. The third kappa shape index (κ3) is 3.87. The van der Waals surface area contributed by atoms with Gasteiger partial charge in [0.15, 0.2) is 0 Å². The number of hydrogen-bond donors (Lipinski definition) is 2. The van der Waals surface area contributed by atoms with Gasteiger partial charge in [-0.05, 0) is 42.0 Å². The first kappa shape index (κ1) is 15.5. The number of hydrogen-bond acceptors (Lipinski definition) is 4. The highest BCUT2D eigenvalue weighted by molar-refractivity contribution is 5.56. The topological polar surface area (TPSA) is 70.5 Å². The normalized spacial score (nSPS) is 10.2. The van der Waals surface area contributed by atoms with Crippen LogP contribution < -0.4 is 20.9 Å². The van der Waals surface area contributed by atoms with Crippen LogP contribution in [0.3, 0.4) is 0 Å². The van der Waals surface area contributed by atoms with Crippen LogP contribution in [0.5, 0.6) is 23.0 Å². The number of rotatable bonds is 5. The molecule has 0 amide bonds. The van der Waals surface area contributed by atoms with Crippen molar-refractivity contribution in [2.75, 3.05) is 11.5 Å². The van der Waals surface area contributed by atoms with E-state index >= 15 is 0 Å². The lowest BCUT2D eigenvalue weighted by Crippen LogP contribution is -1.91. The van der Waals surface area contributed by atoms with Crippen molar-refractivity contribution in [3.63, 3.8) is 0 Å². The van der Waals surface area contributed by atoms with Gasteiger partial charge in [0, 0.05) is 29.6 Å². The Balaban J connectivity index is 1.89. The Labute approximate surface area is 140 Å². The van der Waals surface area contributed by atoms with Gasteiger partial charge in [-0.25, -0.2) is 0 Å². The minimum Gasteiger partial charge on any atom is -0.457 e. The molecule has 4 heteroatoms. The Bertz CT molecular complexity index is 809. The van der Waals surface area contributed by atoms with Crippen LogP contribution in [0.4, 0.5) is 11.4 Å². The second kappa shape index (κ2) is 6.79. The van der Waals surface area contributed by atoms with E-state index in [0.717, 1.165) is 5.56 Å². The molecule has 3 aromatic rings. The van der Waals surface area contributed by atoms with E-state index in [1.807, 2.05) is 36.4 Å². The van der Waals surface area contributed by atoms with Crippen molar-refractivity contribution in [3.8, 4) is 23.0 Å². The summed E-state index contributed by atoms with van der Waals surface area (Å²) in [5, 5.41) is 0. The molecule has 0 aromatic heterocycles. The summed E-state index contributed by atoms with van der Waals surface area (Å²) in [6.07, 6.45) is 1.73. The van der Waals surface area contributed by atoms with E-state index in [-0.39, 0.29) is 0 Å². The molecule has 0 saturated carbocycles. The monoisotopic (exact) mass is 318 g/mol. The minimum atomic E-state index is 0.636. The molecule has 0 saturated heterocycles. The second-order valence-corrected chi connectivity index (χ2v) is 5.29. The lowest BCUT2D eigenvalue weighted by atomic mass is 10.2. The van der Waals surface area contributed by atoms with E-state index in [9.17, 15) is 0 Å². The molecule has 4 N–H and O–H groups in total. The molecule has 3 aromatic carbocycles. The van der Waals surface area contributed by atoms with Crippen molar-refractivity contribution < 1.29 is 9.47 Å². The highest BCUT2D eigenvalue weighted by Gasteiger charge is 2.05. The van der Waals surface area contributed by atoms with Crippen LogP contribution in [0.2, 0.25) is 0 Å². The molecular formula is C20H18N2O2. The second-order valence-electron chi connectivity index (χ2n) is 5.29. The van der Waals surface area contributed by atoms with Gasteiger partial charge in [0.2, 0.25) is 0 Å². The van der Waals surface area contributed by atoms with Crippen molar-refractivity contribution in [1.29, 1.82) is 0 Å². The quantitative estimate of drug-likeness (QED) is 0.644. The molecule has 0 aliphatic heterocycles. The van der Waals surface area contributed by atoms with Crippen molar-refractivity contribution in [2.24, 2.45) is 0 Å². The first-order valence-electron chi connectivity index (χ1n) is 7.47. The van der Waals surface area contributed by atoms with Crippen LogP contribution >= 0.6 is 0 Å².